The Labute approximate surface area is 88.8 Å². The first kappa shape index (κ1) is 11.1. The number of hydrogen-bond acceptors (Lipinski definition) is 2. The molecule has 1 aromatic carbocycles. The van der Waals surface area contributed by atoms with Gasteiger partial charge in [-0.05, 0) is 11.6 Å². The molecule has 2 nitrogen and oxygen atoms in total. The first-order chi connectivity index (χ1) is 6.72. The van der Waals surface area contributed by atoms with Gasteiger partial charge in [-0.25, -0.2) is 0 Å². The second-order valence-electron chi connectivity index (χ2n) is 3.13. The number of ether oxygens (including phenoxy) is 1. The van der Waals surface area contributed by atoms with Gasteiger partial charge in [0.1, 0.15) is 12.0 Å². The summed E-state index contributed by atoms with van der Waals surface area (Å²) in [5, 5.41) is 0. The summed E-state index contributed by atoms with van der Waals surface area (Å²) in [6.45, 7) is 1.84. The number of halogens is 1. The number of carbonyl (C=O) groups excluding carboxylic acids is 1. The average molecular weight is 213 g/mol. The van der Waals surface area contributed by atoms with Gasteiger partial charge >= 0.3 is 0 Å². The molecule has 14 heavy (non-hydrogen) atoms. The molecule has 0 spiro atoms. The van der Waals surface area contributed by atoms with Gasteiger partial charge in [-0.2, -0.15) is 0 Å². The second kappa shape index (κ2) is 5.01. The third-order valence-electron chi connectivity index (χ3n) is 2.14. The van der Waals surface area contributed by atoms with Crippen LogP contribution in [0.2, 0.25) is 0 Å². The van der Waals surface area contributed by atoms with E-state index in [0.717, 1.165) is 23.2 Å². The molecule has 0 aliphatic rings. The van der Waals surface area contributed by atoms with Crippen molar-refractivity contribution in [3.63, 3.8) is 0 Å². The molecule has 0 heterocycles. The fourth-order valence-corrected chi connectivity index (χ4v) is 1.46. The lowest BCUT2D eigenvalue weighted by atomic mass is 9.99. The van der Waals surface area contributed by atoms with E-state index in [4.69, 9.17) is 16.3 Å². The molecule has 0 radical (unpaired) electrons. The summed E-state index contributed by atoms with van der Waals surface area (Å²) >= 11 is 5.71. The van der Waals surface area contributed by atoms with Crippen molar-refractivity contribution in [1.29, 1.82) is 0 Å². The van der Waals surface area contributed by atoms with Gasteiger partial charge < -0.3 is 9.53 Å². The Hall–Kier alpha value is -1.02. The van der Waals surface area contributed by atoms with Crippen LogP contribution < -0.4 is 4.74 Å². The molecule has 1 rings (SSSR count). The molecule has 1 unspecified atom stereocenters. The molecule has 76 valence electrons. The maximum atomic E-state index is 10.7. The van der Waals surface area contributed by atoms with Crippen molar-refractivity contribution in [3.05, 3.63) is 29.3 Å². The van der Waals surface area contributed by atoms with E-state index in [2.05, 4.69) is 0 Å². The van der Waals surface area contributed by atoms with Gasteiger partial charge in [0.05, 0.1) is 7.11 Å². The minimum Gasteiger partial charge on any atom is -0.496 e. The minimum absolute atomic E-state index is 0.159. The Morgan fingerprint density at radius 3 is 2.79 bits per heavy atom. The summed E-state index contributed by atoms with van der Waals surface area (Å²) in [7, 11) is 1.59. The molecule has 0 saturated carbocycles. The van der Waals surface area contributed by atoms with Crippen LogP contribution in [0.1, 0.15) is 24.0 Å². The Bertz CT molecular complexity index is 323. The van der Waals surface area contributed by atoms with E-state index in [1.54, 1.807) is 7.11 Å². The average Bonchev–Trinajstić information content (AvgIpc) is 2.27. The van der Waals surface area contributed by atoms with Crippen molar-refractivity contribution in [1.82, 2.24) is 0 Å². The molecule has 1 atom stereocenters. The maximum Gasteiger partial charge on any atom is 0.127 e. The first-order valence-electron chi connectivity index (χ1n) is 4.41. The van der Waals surface area contributed by atoms with E-state index in [9.17, 15) is 4.79 Å². The number of aldehydes is 1. The third kappa shape index (κ3) is 2.26. The lowest BCUT2D eigenvalue weighted by Crippen LogP contribution is -1.99. The Morgan fingerprint density at radius 1 is 1.57 bits per heavy atom. The lowest BCUT2D eigenvalue weighted by Gasteiger charge is -2.11. The molecule has 0 amide bonds. The highest BCUT2D eigenvalue weighted by Crippen LogP contribution is 2.26. The van der Waals surface area contributed by atoms with Gasteiger partial charge in [-0.3, -0.25) is 0 Å². The molecular formula is C11H13ClO2. The van der Waals surface area contributed by atoms with E-state index < -0.39 is 0 Å². The third-order valence-corrected chi connectivity index (χ3v) is 2.45. The number of rotatable bonds is 4. The van der Waals surface area contributed by atoms with Gasteiger partial charge in [-0.15, -0.1) is 11.6 Å². The second-order valence-corrected chi connectivity index (χ2v) is 3.40. The molecule has 0 bridgehead atoms. The number of alkyl halides is 1. The molecular weight excluding hydrogens is 200 g/mol. The minimum atomic E-state index is -0.159. The van der Waals surface area contributed by atoms with Crippen LogP contribution in [-0.4, -0.2) is 13.4 Å². The number of benzene rings is 1. The van der Waals surface area contributed by atoms with E-state index in [-0.39, 0.29) is 5.92 Å². The summed E-state index contributed by atoms with van der Waals surface area (Å²) in [5.41, 5.74) is 1.89. The van der Waals surface area contributed by atoms with Gasteiger partial charge in [-0.1, -0.05) is 19.1 Å². The van der Waals surface area contributed by atoms with Gasteiger partial charge in [0.15, 0.2) is 0 Å². The molecule has 0 aliphatic heterocycles. The molecule has 1 aromatic rings. The van der Waals surface area contributed by atoms with Gasteiger partial charge in [0, 0.05) is 17.4 Å². The summed E-state index contributed by atoms with van der Waals surface area (Å²) in [4.78, 5) is 10.7. The van der Waals surface area contributed by atoms with Crippen LogP contribution in [0, 0.1) is 0 Å². The van der Waals surface area contributed by atoms with Crippen LogP contribution in [0.15, 0.2) is 18.2 Å². The van der Waals surface area contributed by atoms with E-state index in [1.165, 1.54) is 0 Å². The molecule has 0 aromatic heterocycles. The zero-order chi connectivity index (χ0) is 10.6. The summed E-state index contributed by atoms with van der Waals surface area (Å²) in [5.74, 6) is 1.02. The van der Waals surface area contributed by atoms with Crippen molar-refractivity contribution < 1.29 is 9.53 Å². The molecule has 3 heteroatoms. The Kier molecular flexibility index (Phi) is 3.96. The smallest absolute Gasteiger partial charge is 0.127 e. The largest absolute Gasteiger partial charge is 0.496 e. The monoisotopic (exact) mass is 212 g/mol. The Morgan fingerprint density at radius 2 is 2.29 bits per heavy atom. The summed E-state index contributed by atoms with van der Waals surface area (Å²) < 4.78 is 5.17. The molecule has 0 saturated heterocycles. The molecule has 0 fully saturated rings. The maximum absolute atomic E-state index is 10.7. The molecule has 0 N–H and O–H groups in total. The van der Waals surface area contributed by atoms with Crippen molar-refractivity contribution in [2.75, 3.05) is 7.11 Å². The van der Waals surface area contributed by atoms with E-state index in [1.807, 2.05) is 25.1 Å². The van der Waals surface area contributed by atoms with Crippen molar-refractivity contribution >= 4 is 17.9 Å². The van der Waals surface area contributed by atoms with Crippen LogP contribution >= 0.6 is 11.6 Å². The van der Waals surface area contributed by atoms with Crippen molar-refractivity contribution in [3.8, 4) is 5.75 Å². The zero-order valence-electron chi connectivity index (χ0n) is 8.29. The lowest BCUT2D eigenvalue weighted by molar-refractivity contribution is -0.108. The van der Waals surface area contributed by atoms with E-state index >= 15 is 0 Å². The van der Waals surface area contributed by atoms with Crippen LogP contribution in [0.25, 0.3) is 0 Å². The van der Waals surface area contributed by atoms with Crippen LogP contribution in [0.3, 0.4) is 0 Å². The quantitative estimate of drug-likeness (QED) is 0.567. The Balaban J connectivity index is 3.14. The SMILES string of the molecule is COc1ccc(CCl)cc1C(C)C=O. The first-order valence-corrected chi connectivity index (χ1v) is 4.94. The highest BCUT2D eigenvalue weighted by Gasteiger charge is 2.10. The number of methoxy groups -OCH3 is 1. The van der Waals surface area contributed by atoms with E-state index in [0.29, 0.717) is 5.88 Å². The van der Waals surface area contributed by atoms with Crippen LogP contribution in [0.5, 0.6) is 5.75 Å². The summed E-state index contributed by atoms with van der Waals surface area (Å²) in [6.07, 6.45) is 0.899. The summed E-state index contributed by atoms with van der Waals surface area (Å²) in [6, 6.07) is 5.64. The number of hydrogen-bond donors (Lipinski definition) is 0. The normalized spacial score (nSPS) is 12.2. The molecule has 0 aliphatic carbocycles. The zero-order valence-corrected chi connectivity index (χ0v) is 9.04. The topological polar surface area (TPSA) is 26.3 Å². The number of carbonyl (C=O) groups is 1. The van der Waals surface area contributed by atoms with Gasteiger partial charge in [0.2, 0.25) is 0 Å². The fourth-order valence-electron chi connectivity index (χ4n) is 1.30. The highest BCUT2D eigenvalue weighted by atomic mass is 35.5. The van der Waals surface area contributed by atoms with Crippen LogP contribution in [-0.2, 0) is 10.7 Å². The standard InChI is InChI=1S/C11H13ClO2/c1-8(7-13)10-5-9(6-12)3-4-11(10)14-2/h3-5,7-8H,6H2,1-2H3. The predicted octanol–water partition coefficient (Wildman–Crippen LogP) is 2.74. The van der Waals surface area contributed by atoms with Gasteiger partial charge in [0.25, 0.3) is 0 Å². The predicted molar refractivity (Wildman–Crippen MR) is 57.0 cm³/mol. The fraction of sp³-hybridized carbons (Fsp3) is 0.364. The highest BCUT2D eigenvalue weighted by molar-refractivity contribution is 6.17. The van der Waals surface area contributed by atoms with Crippen molar-refractivity contribution in [2.24, 2.45) is 0 Å². The van der Waals surface area contributed by atoms with Crippen molar-refractivity contribution in [2.45, 2.75) is 18.7 Å². The van der Waals surface area contributed by atoms with Crippen LogP contribution in [0.4, 0.5) is 0 Å².